The summed E-state index contributed by atoms with van der Waals surface area (Å²) in [7, 11) is 1.49. The maximum atomic E-state index is 12.4. The standard InChI is InChI=1S/C18H24N2O5/c1-24-10-16(22)19-8-13-5-6-18(25-9-13)11-20(12-18)17(23)14-3-2-4-15(21)7-14/h2-4,7,13,21H,5-6,8-12H2,1H3,(H,19,22)/t13-/m0/s1. The summed E-state index contributed by atoms with van der Waals surface area (Å²) < 4.78 is 10.8. The predicted octanol–water partition coefficient (Wildman–Crippen LogP) is 0.776. The number of carbonyl (C=O) groups is 2. The number of phenolic OH excluding ortho intramolecular Hbond substituents is 1. The van der Waals surface area contributed by atoms with Crippen molar-refractivity contribution in [2.45, 2.75) is 18.4 Å². The van der Waals surface area contributed by atoms with E-state index in [1.807, 2.05) is 0 Å². The second-order valence-electron chi connectivity index (χ2n) is 6.85. The number of nitrogens with zero attached hydrogens (tertiary/aromatic N) is 1. The van der Waals surface area contributed by atoms with Crippen LogP contribution < -0.4 is 5.32 Å². The molecule has 0 aliphatic carbocycles. The molecule has 7 heteroatoms. The Balaban J connectivity index is 1.44. The van der Waals surface area contributed by atoms with Gasteiger partial charge in [-0.3, -0.25) is 9.59 Å². The Kier molecular flexibility index (Phi) is 5.24. The smallest absolute Gasteiger partial charge is 0.254 e. The third-order valence-corrected chi connectivity index (χ3v) is 4.84. The summed E-state index contributed by atoms with van der Waals surface area (Å²) in [6, 6.07) is 6.39. The number of phenols is 1. The minimum Gasteiger partial charge on any atom is -0.508 e. The van der Waals surface area contributed by atoms with E-state index in [-0.39, 0.29) is 29.8 Å². The Morgan fingerprint density at radius 1 is 1.44 bits per heavy atom. The van der Waals surface area contributed by atoms with Crippen LogP contribution in [0.3, 0.4) is 0 Å². The average Bonchev–Trinajstić information content (AvgIpc) is 2.58. The lowest BCUT2D eigenvalue weighted by atomic mass is 9.82. The summed E-state index contributed by atoms with van der Waals surface area (Å²) in [5.74, 6) is 0.184. The number of carbonyl (C=O) groups excluding carboxylic acids is 2. The predicted molar refractivity (Wildman–Crippen MR) is 90.3 cm³/mol. The molecular formula is C18H24N2O5. The largest absolute Gasteiger partial charge is 0.508 e. The lowest BCUT2D eigenvalue weighted by Gasteiger charge is -2.52. The van der Waals surface area contributed by atoms with Gasteiger partial charge in [-0.2, -0.15) is 0 Å². The van der Waals surface area contributed by atoms with Gasteiger partial charge < -0.3 is 24.8 Å². The van der Waals surface area contributed by atoms with Crippen molar-refractivity contribution in [3.63, 3.8) is 0 Å². The highest BCUT2D eigenvalue weighted by Crippen LogP contribution is 2.36. The van der Waals surface area contributed by atoms with Crippen molar-refractivity contribution in [3.05, 3.63) is 29.8 Å². The Morgan fingerprint density at radius 2 is 2.24 bits per heavy atom. The molecule has 2 aliphatic rings. The SMILES string of the molecule is COCC(=O)NC[C@@H]1CCC2(CN(C(=O)c3cccc(O)c3)C2)OC1. The molecule has 2 fully saturated rings. The van der Waals surface area contributed by atoms with E-state index < -0.39 is 0 Å². The fourth-order valence-electron chi connectivity index (χ4n) is 3.38. The molecular weight excluding hydrogens is 324 g/mol. The molecule has 0 aromatic heterocycles. The van der Waals surface area contributed by atoms with Crippen molar-refractivity contribution in [2.75, 3.05) is 40.0 Å². The fraction of sp³-hybridized carbons (Fsp3) is 0.556. The van der Waals surface area contributed by atoms with Crippen LogP contribution in [0.5, 0.6) is 5.75 Å². The fourth-order valence-corrected chi connectivity index (χ4v) is 3.38. The number of hydrogen-bond acceptors (Lipinski definition) is 5. The summed E-state index contributed by atoms with van der Waals surface area (Å²) >= 11 is 0. The molecule has 2 saturated heterocycles. The van der Waals surface area contributed by atoms with Crippen LogP contribution in [0.15, 0.2) is 24.3 Å². The third kappa shape index (κ3) is 4.11. The second kappa shape index (κ2) is 7.41. The van der Waals surface area contributed by atoms with Crippen molar-refractivity contribution >= 4 is 11.8 Å². The van der Waals surface area contributed by atoms with Gasteiger partial charge in [0.25, 0.3) is 5.91 Å². The minimum atomic E-state index is -0.250. The first-order chi connectivity index (χ1) is 12.0. The Hall–Kier alpha value is -2.12. The number of aromatic hydroxyl groups is 1. The van der Waals surface area contributed by atoms with Crippen LogP contribution in [0.1, 0.15) is 23.2 Å². The molecule has 1 spiro atoms. The molecule has 7 nitrogen and oxygen atoms in total. The van der Waals surface area contributed by atoms with Gasteiger partial charge in [0.1, 0.15) is 18.0 Å². The van der Waals surface area contributed by atoms with Crippen molar-refractivity contribution in [2.24, 2.45) is 5.92 Å². The monoisotopic (exact) mass is 348 g/mol. The van der Waals surface area contributed by atoms with Gasteiger partial charge in [-0.25, -0.2) is 0 Å². The van der Waals surface area contributed by atoms with Gasteiger partial charge in [0, 0.05) is 19.2 Å². The van der Waals surface area contributed by atoms with Crippen LogP contribution in [-0.4, -0.2) is 67.4 Å². The van der Waals surface area contributed by atoms with Gasteiger partial charge in [-0.05, 0) is 37.0 Å². The molecule has 0 unspecified atom stereocenters. The van der Waals surface area contributed by atoms with E-state index in [4.69, 9.17) is 9.47 Å². The third-order valence-electron chi connectivity index (χ3n) is 4.84. The van der Waals surface area contributed by atoms with E-state index in [2.05, 4.69) is 5.32 Å². The molecule has 0 saturated carbocycles. The zero-order valence-corrected chi connectivity index (χ0v) is 14.4. The highest BCUT2D eigenvalue weighted by Gasteiger charge is 2.48. The number of nitrogens with one attached hydrogen (secondary N) is 1. The summed E-state index contributed by atoms with van der Waals surface area (Å²) in [5, 5.41) is 12.3. The second-order valence-corrected chi connectivity index (χ2v) is 6.85. The van der Waals surface area contributed by atoms with E-state index in [0.29, 0.717) is 37.7 Å². The van der Waals surface area contributed by atoms with Crippen molar-refractivity contribution in [3.8, 4) is 5.75 Å². The Bertz CT molecular complexity index is 632. The van der Waals surface area contributed by atoms with Crippen molar-refractivity contribution < 1.29 is 24.2 Å². The number of hydrogen-bond donors (Lipinski definition) is 2. The lowest BCUT2D eigenvalue weighted by molar-refractivity contribution is -0.166. The topological polar surface area (TPSA) is 88.1 Å². The number of amides is 2. The van der Waals surface area contributed by atoms with Crippen molar-refractivity contribution in [1.82, 2.24) is 10.2 Å². The molecule has 1 aromatic carbocycles. The first-order valence-electron chi connectivity index (χ1n) is 8.49. The van der Waals surface area contributed by atoms with Gasteiger partial charge >= 0.3 is 0 Å². The van der Waals surface area contributed by atoms with Crippen LogP contribution in [0.2, 0.25) is 0 Å². The summed E-state index contributed by atoms with van der Waals surface area (Å²) in [5.41, 5.74) is 0.240. The van der Waals surface area contributed by atoms with Gasteiger partial charge in [-0.15, -0.1) is 0 Å². The number of methoxy groups -OCH3 is 1. The minimum absolute atomic E-state index is 0.0730. The number of rotatable bonds is 5. The van der Waals surface area contributed by atoms with Crippen LogP contribution in [0, 0.1) is 5.92 Å². The van der Waals surface area contributed by atoms with E-state index in [0.717, 1.165) is 12.8 Å². The first kappa shape index (κ1) is 17.7. The maximum absolute atomic E-state index is 12.4. The molecule has 2 amide bonds. The first-order valence-corrected chi connectivity index (χ1v) is 8.49. The van der Waals surface area contributed by atoms with E-state index in [1.165, 1.54) is 13.2 Å². The zero-order valence-electron chi connectivity index (χ0n) is 14.4. The number of ether oxygens (including phenoxy) is 2. The normalized spacial score (nSPS) is 21.6. The molecule has 2 N–H and O–H groups in total. The Labute approximate surface area is 146 Å². The van der Waals surface area contributed by atoms with E-state index >= 15 is 0 Å². The molecule has 0 bridgehead atoms. The van der Waals surface area contributed by atoms with Gasteiger partial charge in [0.05, 0.1) is 19.7 Å². The maximum Gasteiger partial charge on any atom is 0.254 e. The summed E-state index contributed by atoms with van der Waals surface area (Å²) in [6.45, 7) is 2.39. The van der Waals surface area contributed by atoms with E-state index in [9.17, 15) is 14.7 Å². The highest BCUT2D eigenvalue weighted by molar-refractivity contribution is 5.95. The zero-order chi connectivity index (χ0) is 17.9. The molecule has 1 aromatic rings. The molecule has 0 radical (unpaired) electrons. The molecule has 1 atom stereocenters. The van der Waals surface area contributed by atoms with Crippen LogP contribution in [0.4, 0.5) is 0 Å². The van der Waals surface area contributed by atoms with Gasteiger partial charge in [0.15, 0.2) is 0 Å². The number of benzene rings is 1. The number of likely N-dealkylation sites (tertiary alicyclic amines) is 1. The van der Waals surface area contributed by atoms with Crippen molar-refractivity contribution in [1.29, 1.82) is 0 Å². The van der Waals surface area contributed by atoms with Crippen LogP contribution in [-0.2, 0) is 14.3 Å². The average molecular weight is 348 g/mol. The van der Waals surface area contributed by atoms with Gasteiger partial charge in [0.2, 0.25) is 5.91 Å². The highest BCUT2D eigenvalue weighted by atomic mass is 16.5. The molecule has 2 heterocycles. The lowest BCUT2D eigenvalue weighted by Crippen LogP contribution is -2.66. The van der Waals surface area contributed by atoms with Crippen LogP contribution in [0.25, 0.3) is 0 Å². The molecule has 25 heavy (non-hydrogen) atoms. The summed E-state index contributed by atoms with van der Waals surface area (Å²) in [6.07, 6.45) is 1.84. The summed E-state index contributed by atoms with van der Waals surface area (Å²) in [4.78, 5) is 25.6. The molecule has 2 aliphatic heterocycles. The molecule has 136 valence electrons. The van der Waals surface area contributed by atoms with E-state index in [1.54, 1.807) is 23.1 Å². The van der Waals surface area contributed by atoms with Crippen LogP contribution >= 0.6 is 0 Å². The molecule has 3 rings (SSSR count). The Morgan fingerprint density at radius 3 is 2.88 bits per heavy atom. The quantitative estimate of drug-likeness (QED) is 0.821. The van der Waals surface area contributed by atoms with Gasteiger partial charge in [-0.1, -0.05) is 6.07 Å².